The monoisotopic (exact) mass is 424 g/mol. The molecule has 0 saturated heterocycles. The topological polar surface area (TPSA) is 59.0 Å². The van der Waals surface area contributed by atoms with Gasteiger partial charge in [0.05, 0.1) is 16.6 Å². The first-order valence-electron chi connectivity index (χ1n) is 9.38. The lowest BCUT2D eigenvalue weighted by molar-refractivity contribution is -0.135. The van der Waals surface area contributed by atoms with Crippen LogP contribution in [-0.2, 0) is 4.79 Å². The number of Topliss-reactive ketones (excluding diaryl/α,β-unsaturated/α-hetero) is 1. The van der Waals surface area contributed by atoms with Crippen molar-refractivity contribution in [1.82, 2.24) is 5.01 Å². The second-order valence-corrected chi connectivity index (χ2v) is 8.51. The van der Waals surface area contributed by atoms with E-state index in [4.69, 9.17) is 4.74 Å². The van der Waals surface area contributed by atoms with Crippen LogP contribution < -0.4 is 4.74 Å². The molecule has 2 aromatic heterocycles. The molecule has 0 radical (unpaired) electrons. The van der Waals surface area contributed by atoms with Gasteiger partial charge in [-0.3, -0.25) is 9.59 Å². The van der Waals surface area contributed by atoms with Crippen LogP contribution in [-0.4, -0.2) is 29.0 Å². The number of hydrogen-bond acceptors (Lipinski definition) is 6. The summed E-state index contributed by atoms with van der Waals surface area (Å²) >= 11 is 3.25. The minimum Gasteiger partial charge on any atom is -0.484 e. The van der Waals surface area contributed by atoms with Gasteiger partial charge in [0.1, 0.15) is 5.75 Å². The number of hydrogen-bond donors (Lipinski definition) is 0. The van der Waals surface area contributed by atoms with Crippen LogP contribution in [0.25, 0.3) is 0 Å². The van der Waals surface area contributed by atoms with Gasteiger partial charge in [-0.15, -0.1) is 22.7 Å². The molecule has 1 aliphatic rings. The van der Waals surface area contributed by atoms with Crippen molar-refractivity contribution in [2.24, 2.45) is 5.10 Å². The van der Waals surface area contributed by atoms with Gasteiger partial charge in [0, 0.05) is 23.3 Å². The van der Waals surface area contributed by atoms with Gasteiger partial charge in [0.25, 0.3) is 5.91 Å². The van der Waals surface area contributed by atoms with Crippen molar-refractivity contribution in [2.45, 2.75) is 25.8 Å². The molecule has 1 aliphatic heterocycles. The minimum atomic E-state index is -0.191. The van der Waals surface area contributed by atoms with Crippen molar-refractivity contribution in [3.63, 3.8) is 0 Å². The SMILES string of the molecule is CCC(=O)c1ccc(OCC(=O)N2N=C(c3cccs3)CC2c2cccs2)cc1. The highest BCUT2D eigenvalue weighted by atomic mass is 32.1. The molecule has 148 valence electrons. The summed E-state index contributed by atoms with van der Waals surface area (Å²) < 4.78 is 5.67. The zero-order valence-corrected chi connectivity index (χ0v) is 17.5. The highest BCUT2D eigenvalue weighted by Gasteiger charge is 2.34. The van der Waals surface area contributed by atoms with Crippen LogP contribution in [0.5, 0.6) is 5.75 Å². The Morgan fingerprint density at radius 3 is 2.52 bits per heavy atom. The predicted molar refractivity (Wildman–Crippen MR) is 116 cm³/mol. The maximum absolute atomic E-state index is 12.9. The lowest BCUT2D eigenvalue weighted by atomic mass is 10.1. The first-order valence-corrected chi connectivity index (χ1v) is 11.1. The van der Waals surface area contributed by atoms with Crippen molar-refractivity contribution in [1.29, 1.82) is 0 Å². The molecule has 0 saturated carbocycles. The van der Waals surface area contributed by atoms with E-state index in [1.54, 1.807) is 51.9 Å². The Morgan fingerprint density at radius 2 is 1.86 bits per heavy atom. The normalized spacial score (nSPS) is 16.0. The van der Waals surface area contributed by atoms with Gasteiger partial charge < -0.3 is 4.74 Å². The van der Waals surface area contributed by atoms with E-state index < -0.39 is 0 Å². The third-order valence-corrected chi connectivity index (χ3v) is 6.60. The molecular formula is C22H20N2O3S2. The minimum absolute atomic E-state index is 0.0823. The zero-order chi connectivity index (χ0) is 20.2. The Hall–Kier alpha value is -2.77. The highest BCUT2D eigenvalue weighted by molar-refractivity contribution is 7.12. The third-order valence-electron chi connectivity index (χ3n) is 4.70. The van der Waals surface area contributed by atoms with E-state index in [-0.39, 0.29) is 24.3 Å². The van der Waals surface area contributed by atoms with E-state index in [1.807, 2.05) is 41.9 Å². The van der Waals surface area contributed by atoms with Gasteiger partial charge in [-0.1, -0.05) is 19.1 Å². The Kier molecular flexibility index (Phi) is 5.87. The first-order chi connectivity index (χ1) is 14.2. The molecule has 0 bridgehead atoms. The second-order valence-electron chi connectivity index (χ2n) is 6.59. The number of nitrogens with zero attached hydrogens (tertiary/aromatic N) is 2. The molecule has 1 atom stereocenters. The van der Waals surface area contributed by atoms with Gasteiger partial charge in [0.2, 0.25) is 0 Å². The molecule has 0 N–H and O–H groups in total. The summed E-state index contributed by atoms with van der Waals surface area (Å²) in [6.07, 6.45) is 1.16. The van der Waals surface area contributed by atoms with Crippen LogP contribution in [0.2, 0.25) is 0 Å². The smallest absolute Gasteiger partial charge is 0.281 e. The van der Waals surface area contributed by atoms with Gasteiger partial charge >= 0.3 is 0 Å². The Labute approximate surface area is 177 Å². The summed E-state index contributed by atoms with van der Waals surface area (Å²) in [5, 5.41) is 10.2. The summed E-state index contributed by atoms with van der Waals surface area (Å²) in [6.45, 7) is 1.72. The van der Waals surface area contributed by atoms with E-state index >= 15 is 0 Å². The number of benzene rings is 1. The molecule has 3 heterocycles. The molecule has 0 spiro atoms. The van der Waals surface area contributed by atoms with Gasteiger partial charge in [-0.05, 0) is 47.2 Å². The Morgan fingerprint density at radius 1 is 1.10 bits per heavy atom. The van der Waals surface area contributed by atoms with Crippen LogP contribution in [0.4, 0.5) is 0 Å². The summed E-state index contributed by atoms with van der Waals surface area (Å²) in [7, 11) is 0. The van der Waals surface area contributed by atoms with E-state index in [2.05, 4.69) is 5.10 Å². The predicted octanol–water partition coefficient (Wildman–Crippen LogP) is 5.16. The lowest BCUT2D eigenvalue weighted by Crippen LogP contribution is -2.31. The molecule has 0 fully saturated rings. The molecule has 1 unspecified atom stereocenters. The Balaban J connectivity index is 1.47. The van der Waals surface area contributed by atoms with E-state index in [9.17, 15) is 9.59 Å². The number of hydrazone groups is 1. The maximum atomic E-state index is 12.9. The van der Waals surface area contributed by atoms with Crippen LogP contribution in [0, 0.1) is 0 Å². The largest absolute Gasteiger partial charge is 0.484 e. The number of ether oxygens (including phenoxy) is 1. The average molecular weight is 425 g/mol. The third kappa shape index (κ3) is 4.31. The molecule has 5 nitrogen and oxygen atoms in total. The van der Waals surface area contributed by atoms with Crippen LogP contribution in [0.3, 0.4) is 0 Å². The molecule has 4 rings (SSSR count). The quantitative estimate of drug-likeness (QED) is 0.492. The van der Waals surface area contributed by atoms with E-state index in [0.29, 0.717) is 24.2 Å². The van der Waals surface area contributed by atoms with Gasteiger partial charge in [-0.2, -0.15) is 5.10 Å². The molecule has 1 amide bonds. The lowest BCUT2D eigenvalue weighted by Gasteiger charge is -2.20. The highest BCUT2D eigenvalue weighted by Crippen LogP contribution is 2.35. The fourth-order valence-corrected chi connectivity index (χ4v) is 4.72. The molecule has 7 heteroatoms. The van der Waals surface area contributed by atoms with Crippen LogP contribution >= 0.6 is 22.7 Å². The van der Waals surface area contributed by atoms with Crippen LogP contribution in [0.1, 0.15) is 45.9 Å². The number of carbonyl (C=O) groups is 2. The maximum Gasteiger partial charge on any atom is 0.281 e. The molecule has 29 heavy (non-hydrogen) atoms. The molecule has 1 aromatic carbocycles. The van der Waals surface area contributed by atoms with E-state index in [0.717, 1.165) is 15.5 Å². The van der Waals surface area contributed by atoms with Gasteiger partial charge in [0.15, 0.2) is 12.4 Å². The summed E-state index contributed by atoms with van der Waals surface area (Å²) in [6, 6.07) is 14.8. The van der Waals surface area contributed by atoms with E-state index in [1.165, 1.54) is 0 Å². The van der Waals surface area contributed by atoms with Crippen molar-refractivity contribution < 1.29 is 14.3 Å². The zero-order valence-electron chi connectivity index (χ0n) is 15.9. The number of thiophene rings is 2. The van der Waals surface area contributed by atoms with Gasteiger partial charge in [-0.25, -0.2) is 5.01 Å². The number of carbonyl (C=O) groups excluding carboxylic acids is 2. The first kappa shape index (κ1) is 19.5. The van der Waals surface area contributed by atoms with Crippen molar-refractivity contribution in [3.8, 4) is 5.75 Å². The molecular weight excluding hydrogens is 404 g/mol. The Bertz CT molecular complexity index is 1010. The van der Waals surface area contributed by atoms with Crippen LogP contribution in [0.15, 0.2) is 64.4 Å². The van der Waals surface area contributed by atoms with Crippen molar-refractivity contribution >= 4 is 40.1 Å². The summed E-state index contributed by atoms with van der Waals surface area (Å²) in [5.74, 6) is 0.447. The number of amides is 1. The standard InChI is InChI=1S/C22H20N2O3S2/c1-2-19(25)15-7-9-16(10-8-15)27-14-22(26)24-18(21-6-4-12-29-21)13-17(23-24)20-5-3-11-28-20/h3-12,18H,2,13-14H2,1H3. The second kappa shape index (κ2) is 8.71. The van der Waals surface area contributed by atoms with Crippen molar-refractivity contribution in [3.05, 3.63) is 74.6 Å². The average Bonchev–Trinajstić information content (AvgIpc) is 3.51. The summed E-state index contributed by atoms with van der Waals surface area (Å²) in [4.78, 5) is 26.8. The van der Waals surface area contributed by atoms with Crippen molar-refractivity contribution in [2.75, 3.05) is 6.61 Å². The molecule has 3 aromatic rings. The molecule has 0 aliphatic carbocycles. The fourth-order valence-electron chi connectivity index (χ4n) is 3.19. The number of rotatable bonds is 7. The number of ketones is 1. The fraction of sp³-hybridized carbons (Fsp3) is 0.227. The summed E-state index contributed by atoms with van der Waals surface area (Å²) in [5.41, 5.74) is 1.57.